The van der Waals surface area contributed by atoms with Gasteiger partial charge in [-0.2, -0.15) is 0 Å². The van der Waals surface area contributed by atoms with Gasteiger partial charge in [-0.3, -0.25) is 9.36 Å². The van der Waals surface area contributed by atoms with Crippen molar-refractivity contribution in [2.75, 3.05) is 0 Å². The molecule has 0 spiro atoms. The predicted molar refractivity (Wildman–Crippen MR) is 84.7 cm³/mol. The Balaban J connectivity index is 2.48. The third-order valence-corrected chi connectivity index (χ3v) is 3.89. The smallest absolute Gasteiger partial charge is 0.266 e. The lowest BCUT2D eigenvalue weighted by atomic mass is 10.2. The van der Waals surface area contributed by atoms with E-state index in [1.807, 2.05) is 0 Å². The summed E-state index contributed by atoms with van der Waals surface area (Å²) in [6.45, 7) is 0. The molecule has 1 aromatic heterocycles. The Morgan fingerprint density at radius 3 is 2.45 bits per heavy atom. The van der Waals surface area contributed by atoms with Gasteiger partial charge in [0.1, 0.15) is 0 Å². The van der Waals surface area contributed by atoms with Gasteiger partial charge >= 0.3 is 0 Å². The van der Waals surface area contributed by atoms with Crippen molar-refractivity contribution in [3.05, 3.63) is 67.6 Å². The Morgan fingerprint density at radius 1 is 1.00 bits per heavy atom. The zero-order chi connectivity index (χ0) is 14.3. The first-order valence-corrected chi connectivity index (χ1v) is 6.94. The number of rotatable bonds is 1. The Kier molecular flexibility index (Phi) is 3.38. The fourth-order valence-electron chi connectivity index (χ4n) is 2.06. The number of nitrogens with one attached hydrogen (secondary N) is 1. The minimum absolute atomic E-state index is 0.251. The lowest BCUT2D eigenvalue weighted by molar-refractivity contribution is 0.940. The zero-order valence-electron chi connectivity index (χ0n) is 10.1. The predicted octanol–water partition coefficient (Wildman–Crippen LogP) is 4.36. The van der Waals surface area contributed by atoms with Crippen LogP contribution in [-0.2, 0) is 0 Å². The summed E-state index contributed by atoms with van der Waals surface area (Å²) in [7, 11) is 0. The highest BCUT2D eigenvalue weighted by molar-refractivity contribution is 7.71. The second-order valence-electron chi connectivity index (χ2n) is 4.18. The van der Waals surface area contributed by atoms with Gasteiger partial charge in [0.2, 0.25) is 0 Å². The molecular weight excluding hydrogens is 315 g/mol. The van der Waals surface area contributed by atoms with E-state index >= 15 is 0 Å². The van der Waals surface area contributed by atoms with Crippen LogP contribution in [0.15, 0.2) is 47.3 Å². The van der Waals surface area contributed by atoms with E-state index in [1.165, 1.54) is 4.57 Å². The quantitative estimate of drug-likeness (QED) is 0.676. The summed E-state index contributed by atoms with van der Waals surface area (Å²) in [5.74, 6) is 0. The van der Waals surface area contributed by atoms with Crippen molar-refractivity contribution < 1.29 is 0 Å². The van der Waals surface area contributed by atoms with Crippen molar-refractivity contribution in [1.82, 2.24) is 9.55 Å². The molecule has 3 aromatic rings. The number of halogens is 2. The molecule has 0 unspecified atom stereocenters. The van der Waals surface area contributed by atoms with Crippen LogP contribution >= 0.6 is 35.4 Å². The van der Waals surface area contributed by atoms with Crippen LogP contribution in [0.2, 0.25) is 10.0 Å². The summed E-state index contributed by atoms with van der Waals surface area (Å²) in [4.78, 5) is 15.6. The van der Waals surface area contributed by atoms with Crippen LogP contribution in [0.25, 0.3) is 16.6 Å². The Hall–Kier alpha value is -1.62. The van der Waals surface area contributed by atoms with Gasteiger partial charge in [-0.1, -0.05) is 41.4 Å². The highest BCUT2D eigenvalue weighted by Gasteiger charge is 2.11. The molecule has 0 aliphatic carbocycles. The molecule has 1 N–H and O–H groups in total. The topological polar surface area (TPSA) is 37.8 Å². The largest absolute Gasteiger partial charge is 0.330 e. The van der Waals surface area contributed by atoms with E-state index in [-0.39, 0.29) is 10.3 Å². The maximum Gasteiger partial charge on any atom is 0.266 e. The van der Waals surface area contributed by atoms with E-state index in [1.54, 1.807) is 42.5 Å². The fraction of sp³-hybridized carbons (Fsp3) is 0. The van der Waals surface area contributed by atoms with E-state index in [9.17, 15) is 4.79 Å². The molecule has 3 rings (SSSR count). The van der Waals surface area contributed by atoms with Crippen LogP contribution < -0.4 is 5.56 Å². The maximum atomic E-state index is 12.6. The normalized spacial score (nSPS) is 10.9. The second kappa shape index (κ2) is 5.05. The number of hydrogen-bond acceptors (Lipinski definition) is 2. The first-order chi connectivity index (χ1) is 9.59. The van der Waals surface area contributed by atoms with Crippen molar-refractivity contribution in [3.63, 3.8) is 0 Å². The number of aromatic amines is 1. The van der Waals surface area contributed by atoms with Crippen LogP contribution in [-0.4, -0.2) is 9.55 Å². The summed E-state index contributed by atoms with van der Waals surface area (Å²) >= 11 is 17.5. The van der Waals surface area contributed by atoms with Crippen LogP contribution in [0.4, 0.5) is 0 Å². The molecule has 0 aliphatic rings. The number of fused-ring (bicyclic) bond motifs is 1. The summed E-state index contributed by atoms with van der Waals surface area (Å²) in [6.07, 6.45) is 0. The molecule has 0 bridgehead atoms. The van der Waals surface area contributed by atoms with Gasteiger partial charge in [0.05, 0.1) is 26.6 Å². The number of benzene rings is 2. The number of para-hydroxylation sites is 2. The van der Waals surface area contributed by atoms with Gasteiger partial charge in [-0.15, -0.1) is 0 Å². The first kappa shape index (κ1) is 13.4. The average Bonchev–Trinajstić information content (AvgIpc) is 2.42. The number of nitrogens with zero attached hydrogens (tertiary/aromatic N) is 1. The van der Waals surface area contributed by atoms with Crippen molar-refractivity contribution in [2.45, 2.75) is 0 Å². The molecule has 20 heavy (non-hydrogen) atoms. The molecule has 3 nitrogen and oxygen atoms in total. The van der Waals surface area contributed by atoms with Crippen LogP contribution in [0.1, 0.15) is 0 Å². The third-order valence-electron chi connectivity index (χ3n) is 2.98. The molecular formula is C14H8Cl2N2OS. The highest BCUT2D eigenvalue weighted by atomic mass is 35.5. The fourth-order valence-corrected chi connectivity index (χ4v) is 2.78. The summed E-state index contributed by atoms with van der Waals surface area (Å²) in [5, 5.41) is 1.37. The van der Waals surface area contributed by atoms with E-state index in [2.05, 4.69) is 4.98 Å². The molecule has 100 valence electrons. The molecule has 0 saturated carbocycles. The monoisotopic (exact) mass is 322 g/mol. The van der Waals surface area contributed by atoms with Gasteiger partial charge in [-0.05, 0) is 36.5 Å². The molecule has 0 atom stereocenters. The van der Waals surface area contributed by atoms with Crippen molar-refractivity contribution >= 4 is 46.3 Å². The highest BCUT2D eigenvalue weighted by Crippen LogP contribution is 2.22. The second-order valence-corrected chi connectivity index (χ2v) is 5.39. The Morgan fingerprint density at radius 2 is 1.70 bits per heavy atom. The lowest BCUT2D eigenvalue weighted by Gasteiger charge is -2.10. The molecule has 0 radical (unpaired) electrons. The van der Waals surface area contributed by atoms with Crippen molar-refractivity contribution in [1.29, 1.82) is 0 Å². The Bertz CT molecular complexity index is 930. The average molecular weight is 323 g/mol. The van der Waals surface area contributed by atoms with Gasteiger partial charge in [0.15, 0.2) is 4.77 Å². The molecule has 0 fully saturated rings. The minimum Gasteiger partial charge on any atom is -0.330 e. The van der Waals surface area contributed by atoms with Gasteiger partial charge in [0.25, 0.3) is 5.56 Å². The SMILES string of the molecule is O=c1c2cccc(Cl)c2[nH]c(=S)n1-c1ccccc1Cl. The van der Waals surface area contributed by atoms with Crippen molar-refractivity contribution in [2.24, 2.45) is 0 Å². The Labute approximate surface area is 129 Å². The maximum absolute atomic E-state index is 12.6. The van der Waals surface area contributed by atoms with Crippen LogP contribution in [0.3, 0.4) is 0 Å². The third kappa shape index (κ3) is 2.06. The van der Waals surface area contributed by atoms with Gasteiger partial charge < -0.3 is 4.98 Å². The van der Waals surface area contributed by atoms with Crippen LogP contribution in [0, 0.1) is 4.77 Å². The van der Waals surface area contributed by atoms with Gasteiger partial charge in [0, 0.05) is 0 Å². The van der Waals surface area contributed by atoms with Gasteiger partial charge in [-0.25, -0.2) is 0 Å². The van der Waals surface area contributed by atoms with E-state index in [0.29, 0.717) is 26.6 Å². The van der Waals surface area contributed by atoms with E-state index in [4.69, 9.17) is 35.4 Å². The van der Waals surface area contributed by atoms with Crippen LogP contribution in [0.5, 0.6) is 0 Å². The molecule has 0 aliphatic heterocycles. The van der Waals surface area contributed by atoms with E-state index in [0.717, 1.165) is 0 Å². The summed E-state index contributed by atoms with van der Waals surface area (Å²) in [6, 6.07) is 12.2. The molecule has 1 heterocycles. The first-order valence-electron chi connectivity index (χ1n) is 5.78. The standard InChI is InChI=1S/C14H8Cl2N2OS/c15-9-5-1-2-7-11(9)18-13(19)8-4-3-6-10(16)12(8)17-14(18)20/h1-7H,(H,17,20). The van der Waals surface area contributed by atoms with E-state index < -0.39 is 0 Å². The lowest BCUT2D eigenvalue weighted by Crippen LogP contribution is -2.20. The molecule has 0 saturated heterocycles. The summed E-state index contributed by atoms with van der Waals surface area (Å²) < 4.78 is 1.62. The number of H-pyrrole nitrogens is 1. The van der Waals surface area contributed by atoms with Crippen molar-refractivity contribution in [3.8, 4) is 5.69 Å². The number of hydrogen-bond donors (Lipinski definition) is 1. The minimum atomic E-state index is -0.251. The molecule has 0 amide bonds. The summed E-state index contributed by atoms with van der Waals surface area (Å²) in [5.41, 5.74) is 0.828. The molecule has 6 heteroatoms. The molecule has 2 aromatic carbocycles. The zero-order valence-corrected chi connectivity index (χ0v) is 12.4. The number of aromatic nitrogens is 2.